The summed E-state index contributed by atoms with van der Waals surface area (Å²) >= 11 is 0. The van der Waals surface area contributed by atoms with Gasteiger partial charge in [-0.05, 0) is 74.6 Å². The maximum Gasteiger partial charge on any atom is 0.673 e. The minimum Gasteiger partial charge on any atom is -0.418 e. The van der Waals surface area contributed by atoms with Crippen LogP contribution in [0.25, 0.3) is 11.1 Å². The highest BCUT2D eigenvalue weighted by Gasteiger charge is 2.40. The highest BCUT2D eigenvalue weighted by atomic mass is 31.1. The van der Waals surface area contributed by atoms with Gasteiger partial charge in [-0.1, -0.05) is 42.5 Å². The average Bonchev–Trinajstić information content (AvgIpc) is 3.37. The van der Waals surface area contributed by atoms with Gasteiger partial charge in [0.05, 0.1) is 16.6 Å². The summed E-state index contributed by atoms with van der Waals surface area (Å²) in [6.07, 6.45) is 11.9. The van der Waals surface area contributed by atoms with Crippen molar-refractivity contribution in [3.05, 3.63) is 54.6 Å². The van der Waals surface area contributed by atoms with E-state index in [2.05, 4.69) is 54.6 Å². The van der Waals surface area contributed by atoms with Crippen molar-refractivity contribution in [1.82, 2.24) is 0 Å². The van der Waals surface area contributed by atoms with Gasteiger partial charge in [0, 0.05) is 7.92 Å². The molecule has 0 saturated heterocycles. The van der Waals surface area contributed by atoms with Crippen LogP contribution < -0.4 is 5.30 Å². The molecule has 0 aliphatic heterocycles. The van der Waals surface area contributed by atoms with E-state index in [0.29, 0.717) is 0 Å². The first-order valence-electron chi connectivity index (χ1n) is 10.3. The van der Waals surface area contributed by atoms with E-state index in [9.17, 15) is 17.3 Å². The van der Waals surface area contributed by atoms with Crippen molar-refractivity contribution in [1.29, 1.82) is 0 Å². The molecule has 2 fully saturated rings. The van der Waals surface area contributed by atoms with Crippen LogP contribution in [0.3, 0.4) is 0 Å². The molecule has 0 atom stereocenters. The molecule has 2 aromatic carbocycles. The first-order valence-corrected chi connectivity index (χ1v) is 12.0. The van der Waals surface area contributed by atoms with E-state index in [1.165, 1.54) is 62.5 Å². The third-order valence-corrected chi connectivity index (χ3v) is 9.83. The third kappa shape index (κ3) is 6.34. The Hall–Kier alpha value is -1.35. The largest absolute Gasteiger partial charge is 0.673 e. The molecule has 0 bridgehead atoms. The maximum absolute atomic E-state index is 9.75. The molecule has 28 heavy (non-hydrogen) atoms. The predicted molar refractivity (Wildman–Crippen MR) is 115 cm³/mol. The van der Waals surface area contributed by atoms with Gasteiger partial charge in [0.15, 0.2) is 0 Å². The van der Waals surface area contributed by atoms with Crippen LogP contribution >= 0.6 is 7.92 Å². The van der Waals surface area contributed by atoms with Crippen LogP contribution in [0.15, 0.2) is 54.6 Å². The standard InChI is InChI=1S/C22H27P.BF4/c1-2-8-18(9-3-1)19-14-16-22(17-15-19)23(20-10-4-5-11-20)21-12-6-7-13-21;2-1(3,4)5/h1-3,8-9,14-17,20-21H,4-7,10-13H2;/q;-1/p+1. The molecular formula is C22H28BF4P. The van der Waals surface area contributed by atoms with Crippen LogP contribution in [-0.4, -0.2) is 18.6 Å². The molecule has 0 N–H and O–H groups in total. The van der Waals surface area contributed by atoms with E-state index in [1.807, 2.05) is 0 Å². The molecule has 4 rings (SSSR count). The van der Waals surface area contributed by atoms with Crippen LogP contribution in [0, 0.1) is 0 Å². The molecule has 2 aliphatic rings. The smallest absolute Gasteiger partial charge is 0.418 e. The van der Waals surface area contributed by atoms with Crippen LogP contribution in [0.2, 0.25) is 0 Å². The molecule has 0 aromatic heterocycles. The minimum absolute atomic E-state index is 0.375. The van der Waals surface area contributed by atoms with E-state index in [1.54, 1.807) is 5.30 Å². The van der Waals surface area contributed by atoms with Gasteiger partial charge in [0.1, 0.15) is 0 Å². The normalized spacial score (nSPS) is 18.3. The summed E-state index contributed by atoms with van der Waals surface area (Å²) in [5.41, 5.74) is 4.81. The van der Waals surface area contributed by atoms with E-state index >= 15 is 0 Å². The summed E-state index contributed by atoms with van der Waals surface area (Å²) in [6, 6.07) is 20.5. The van der Waals surface area contributed by atoms with Crippen LogP contribution in [-0.2, 0) is 0 Å². The predicted octanol–water partition coefficient (Wildman–Crippen LogP) is 7.38. The Balaban J connectivity index is 0.000000403. The molecule has 2 aliphatic carbocycles. The van der Waals surface area contributed by atoms with Crippen LogP contribution in [0.1, 0.15) is 51.4 Å². The molecule has 2 saturated carbocycles. The van der Waals surface area contributed by atoms with Crippen LogP contribution in [0.4, 0.5) is 17.3 Å². The SMILES string of the molecule is F[B-](F)(F)F.c1ccc(-c2ccc([PH+](C3CCCC3)C3CCCC3)cc2)cc1. The Morgan fingerprint density at radius 2 is 1.00 bits per heavy atom. The molecule has 0 unspecified atom stereocenters. The van der Waals surface area contributed by atoms with E-state index in [0.717, 1.165) is 11.3 Å². The summed E-state index contributed by atoms with van der Waals surface area (Å²) in [5, 5.41) is 1.72. The molecule has 0 spiro atoms. The summed E-state index contributed by atoms with van der Waals surface area (Å²) in [5.74, 6) is 0. The summed E-state index contributed by atoms with van der Waals surface area (Å²) < 4.78 is 39.0. The topological polar surface area (TPSA) is 0 Å². The minimum atomic E-state index is -6.00. The lowest BCUT2D eigenvalue weighted by atomic mass is 10.1. The zero-order valence-electron chi connectivity index (χ0n) is 16.1. The van der Waals surface area contributed by atoms with Gasteiger partial charge in [-0.15, -0.1) is 0 Å². The quantitative estimate of drug-likeness (QED) is 0.280. The lowest BCUT2D eigenvalue weighted by Gasteiger charge is -2.22. The van der Waals surface area contributed by atoms with Crippen molar-refractivity contribution in [2.75, 3.05) is 0 Å². The summed E-state index contributed by atoms with van der Waals surface area (Å²) in [4.78, 5) is 0. The summed E-state index contributed by atoms with van der Waals surface area (Å²) in [6.45, 7) is 0. The Kier molecular flexibility index (Phi) is 7.57. The number of hydrogen-bond donors (Lipinski definition) is 0. The third-order valence-electron chi connectivity index (χ3n) is 5.92. The van der Waals surface area contributed by atoms with Crippen molar-refractivity contribution >= 4 is 20.5 Å². The average molecular weight is 410 g/mol. The maximum atomic E-state index is 9.75. The lowest BCUT2D eigenvalue weighted by Crippen LogP contribution is -2.19. The highest BCUT2D eigenvalue weighted by Crippen LogP contribution is 2.56. The fourth-order valence-electron chi connectivity index (χ4n) is 4.76. The Bertz CT molecular complexity index is 684. The van der Waals surface area contributed by atoms with Crippen molar-refractivity contribution in [2.45, 2.75) is 62.7 Å². The fraction of sp³-hybridized carbons (Fsp3) is 0.455. The van der Waals surface area contributed by atoms with Crippen molar-refractivity contribution in [3.63, 3.8) is 0 Å². The molecule has 0 radical (unpaired) electrons. The fourth-order valence-corrected chi connectivity index (χ4v) is 8.99. The molecule has 0 nitrogen and oxygen atoms in total. The van der Waals surface area contributed by atoms with E-state index in [4.69, 9.17) is 0 Å². The number of benzene rings is 2. The second-order valence-corrected chi connectivity index (χ2v) is 11.0. The zero-order valence-corrected chi connectivity index (χ0v) is 17.1. The Labute approximate surface area is 166 Å². The second kappa shape index (κ2) is 9.92. The van der Waals surface area contributed by atoms with Gasteiger partial charge < -0.3 is 17.3 Å². The van der Waals surface area contributed by atoms with Crippen molar-refractivity contribution < 1.29 is 17.3 Å². The first kappa shape index (κ1) is 21.4. The Morgan fingerprint density at radius 1 is 0.607 bits per heavy atom. The molecule has 152 valence electrons. The number of halogens is 4. The van der Waals surface area contributed by atoms with Crippen molar-refractivity contribution in [3.8, 4) is 11.1 Å². The molecule has 0 amide bonds. The van der Waals surface area contributed by atoms with E-state index < -0.39 is 7.25 Å². The second-order valence-electron chi connectivity index (χ2n) is 7.86. The highest BCUT2D eigenvalue weighted by molar-refractivity contribution is 7.67. The van der Waals surface area contributed by atoms with Gasteiger partial charge >= 0.3 is 7.25 Å². The lowest BCUT2D eigenvalue weighted by molar-refractivity contribution is 0.368. The zero-order chi connectivity index (χ0) is 20.0. The van der Waals surface area contributed by atoms with Gasteiger partial charge in [-0.2, -0.15) is 0 Å². The number of rotatable bonds is 4. The van der Waals surface area contributed by atoms with E-state index in [-0.39, 0.29) is 7.92 Å². The molecule has 2 aromatic rings. The van der Waals surface area contributed by atoms with Gasteiger partial charge in [-0.25, -0.2) is 0 Å². The molecular weight excluding hydrogens is 382 g/mol. The first-order chi connectivity index (χ1) is 13.4. The van der Waals surface area contributed by atoms with Gasteiger partial charge in [0.2, 0.25) is 0 Å². The van der Waals surface area contributed by atoms with Gasteiger partial charge in [-0.3, -0.25) is 0 Å². The molecule has 6 heteroatoms. The monoisotopic (exact) mass is 410 g/mol. The number of hydrogen-bond acceptors (Lipinski definition) is 0. The molecule has 0 heterocycles. The van der Waals surface area contributed by atoms with Crippen molar-refractivity contribution in [2.24, 2.45) is 0 Å². The van der Waals surface area contributed by atoms with Gasteiger partial charge in [0.25, 0.3) is 0 Å². The Morgan fingerprint density at radius 3 is 1.43 bits per heavy atom. The van der Waals surface area contributed by atoms with Crippen LogP contribution in [0.5, 0.6) is 0 Å². The summed E-state index contributed by atoms with van der Waals surface area (Å²) in [7, 11) is -6.38.